The predicted molar refractivity (Wildman–Crippen MR) is 188 cm³/mol. The molecule has 0 amide bonds. The zero-order valence-electron chi connectivity index (χ0n) is 25.0. The van der Waals surface area contributed by atoms with Gasteiger partial charge in [0.1, 0.15) is 23.3 Å². The second-order valence-electron chi connectivity index (χ2n) is 11.6. The van der Waals surface area contributed by atoms with Crippen LogP contribution in [0.15, 0.2) is 179 Å². The van der Waals surface area contributed by atoms with Crippen molar-refractivity contribution >= 4 is 28.1 Å². The maximum absolute atomic E-state index is 6.70. The van der Waals surface area contributed by atoms with Gasteiger partial charge in [0.25, 0.3) is 0 Å². The first-order valence-corrected chi connectivity index (χ1v) is 15.6. The fourth-order valence-electron chi connectivity index (χ4n) is 6.68. The van der Waals surface area contributed by atoms with Gasteiger partial charge in [-0.2, -0.15) is 0 Å². The minimum absolute atomic E-state index is 0.288. The van der Waals surface area contributed by atoms with Crippen LogP contribution in [0, 0.1) is 0 Å². The average Bonchev–Trinajstić information content (AvgIpc) is 3.46. The van der Waals surface area contributed by atoms with Crippen molar-refractivity contribution in [2.24, 2.45) is 4.99 Å². The van der Waals surface area contributed by atoms with Crippen molar-refractivity contribution in [3.63, 3.8) is 0 Å². The summed E-state index contributed by atoms with van der Waals surface area (Å²) < 4.78 is 6.70. The summed E-state index contributed by atoms with van der Waals surface area (Å²) >= 11 is 0. The summed E-state index contributed by atoms with van der Waals surface area (Å²) in [5.74, 6) is 1.78. The van der Waals surface area contributed by atoms with E-state index in [1.54, 1.807) is 0 Å². The molecular formula is C42H29N3O. The number of rotatable bonds is 4. The summed E-state index contributed by atoms with van der Waals surface area (Å²) in [5.41, 5.74) is 11.7. The number of hydrogen-bond acceptors (Lipinski definition) is 4. The molecular weight excluding hydrogens is 562 g/mol. The van der Waals surface area contributed by atoms with Gasteiger partial charge in [0.05, 0.1) is 11.4 Å². The summed E-state index contributed by atoms with van der Waals surface area (Å²) in [6.45, 7) is 0. The van der Waals surface area contributed by atoms with Gasteiger partial charge >= 0.3 is 0 Å². The lowest BCUT2D eigenvalue weighted by atomic mass is 9.98. The third-order valence-corrected chi connectivity index (χ3v) is 8.87. The van der Waals surface area contributed by atoms with Gasteiger partial charge in [-0.3, -0.25) is 9.89 Å². The molecule has 218 valence electrons. The maximum Gasteiger partial charge on any atom is 0.160 e. The second-order valence-corrected chi connectivity index (χ2v) is 11.6. The lowest BCUT2D eigenvalue weighted by Gasteiger charge is -2.33. The molecule has 2 aliphatic heterocycles. The van der Waals surface area contributed by atoms with E-state index in [1.807, 2.05) is 24.3 Å². The Hall–Kier alpha value is -6.13. The van der Waals surface area contributed by atoms with E-state index in [0.29, 0.717) is 0 Å². The van der Waals surface area contributed by atoms with Crippen LogP contribution in [0.3, 0.4) is 0 Å². The Balaban J connectivity index is 1.26. The SMILES string of the molecule is C1=C(N2c3ccccc3-c3ccccc3-c3oc4ccccc4c32)NC(c2ccccc2)N=C1c1ccc(-c2ccccc2)cc1. The van der Waals surface area contributed by atoms with Crippen molar-refractivity contribution in [3.8, 4) is 33.6 Å². The van der Waals surface area contributed by atoms with Crippen LogP contribution in [0.4, 0.5) is 11.4 Å². The van der Waals surface area contributed by atoms with Crippen molar-refractivity contribution in [2.45, 2.75) is 6.17 Å². The van der Waals surface area contributed by atoms with E-state index in [1.165, 1.54) is 11.1 Å². The first-order valence-electron chi connectivity index (χ1n) is 15.6. The average molecular weight is 592 g/mol. The quantitative estimate of drug-likeness (QED) is 0.221. The summed E-state index contributed by atoms with van der Waals surface area (Å²) in [6.07, 6.45) is 1.89. The fourth-order valence-corrected chi connectivity index (χ4v) is 6.68. The number of nitrogens with zero attached hydrogens (tertiary/aromatic N) is 2. The second kappa shape index (κ2) is 10.8. The van der Waals surface area contributed by atoms with E-state index in [9.17, 15) is 0 Å². The highest BCUT2D eigenvalue weighted by atomic mass is 16.3. The molecule has 0 aliphatic carbocycles. The van der Waals surface area contributed by atoms with Gasteiger partial charge in [0, 0.05) is 22.6 Å². The number of hydrogen-bond donors (Lipinski definition) is 1. The highest BCUT2D eigenvalue weighted by molar-refractivity contribution is 6.12. The van der Waals surface area contributed by atoms with E-state index < -0.39 is 0 Å². The fraction of sp³-hybridized carbons (Fsp3) is 0.0238. The number of anilines is 2. The van der Waals surface area contributed by atoms with Gasteiger partial charge in [0.15, 0.2) is 5.76 Å². The molecule has 1 unspecified atom stereocenters. The zero-order valence-corrected chi connectivity index (χ0v) is 25.0. The molecule has 0 saturated heterocycles. The monoisotopic (exact) mass is 591 g/mol. The summed E-state index contributed by atoms with van der Waals surface area (Å²) in [5, 5.41) is 4.88. The summed E-state index contributed by atoms with van der Waals surface area (Å²) in [6, 6.07) is 55.1. The summed E-state index contributed by atoms with van der Waals surface area (Å²) in [4.78, 5) is 7.61. The Morgan fingerprint density at radius 2 is 1.15 bits per heavy atom. The normalized spacial score (nSPS) is 15.1. The van der Waals surface area contributed by atoms with Crippen LogP contribution in [0.25, 0.3) is 44.5 Å². The van der Waals surface area contributed by atoms with Crippen LogP contribution in [-0.2, 0) is 0 Å². The van der Waals surface area contributed by atoms with Crippen LogP contribution in [0.2, 0.25) is 0 Å². The minimum atomic E-state index is -0.288. The lowest BCUT2D eigenvalue weighted by Crippen LogP contribution is -2.34. The van der Waals surface area contributed by atoms with Gasteiger partial charge in [0.2, 0.25) is 0 Å². The van der Waals surface area contributed by atoms with Gasteiger partial charge in [-0.1, -0.05) is 140 Å². The Bertz CT molecular complexity index is 2280. The van der Waals surface area contributed by atoms with E-state index in [0.717, 1.165) is 67.5 Å². The third-order valence-electron chi connectivity index (χ3n) is 8.87. The lowest BCUT2D eigenvalue weighted by molar-refractivity contribution is 0.607. The highest BCUT2D eigenvalue weighted by Gasteiger charge is 2.33. The van der Waals surface area contributed by atoms with Gasteiger partial charge < -0.3 is 9.73 Å². The van der Waals surface area contributed by atoms with E-state index >= 15 is 0 Å². The molecule has 0 spiro atoms. The van der Waals surface area contributed by atoms with Crippen molar-refractivity contribution in [1.29, 1.82) is 0 Å². The molecule has 46 heavy (non-hydrogen) atoms. The van der Waals surface area contributed by atoms with Crippen LogP contribution < -0.4 is 10.2 Å². The number of nitrogens with one attached hydrogen (secondary N) is 1. The van der Waals surface area contributed by atoms with Crippen molar-refractivity contribution in [3.05, 3.63) is 181 Å². The smallest absolute Gasteiger partial charge is 0.160 e. The minimum Gasteiger partial charge on any atom is -0.454 e. The van der Waals surface area contributed by atoms with Crippen molar-refractivity contribution in [2.75, 3.05) is 4.90 Å². The molecule has 1 atom stereocenters. The molecule has 9 rings (SSSR count). The Labute approximate surface area is 267 Å². The van der Waals surface area contributed by atoms with Crippen LogP contribution in [-0.4, -0.2) is 5.71 Å². The van der Waals surface area contributed by atoms with E-state index in [-0.39, 0.29) is 6.17 Å². The van der Waals surface area contributed by atoms with Gasteiger partial charge in [-0.05, 0) is 46.0 Å². The predicted octanol–water partition coefficient (Wildman–Crippen LogP) is 10.5. The summed E-state index contributed by atoms with van der Waals surface area (Å²) in [7, 11) is 0. The first kappa shape index (κ1) is 26.3. The van der Waals surface area contributed by atoms with Gasteiger partial charge in [-0.15, -0.1) is 0 Å². The number of fused-ring (bicyclic) bond motifs is 7. The zero-order chi connectivity index (χ0) is 30.5. The third kappa shape index (κ3) is 4.34. The van der Waals surface area contributed by atoms with Crippen LogP contribution >= 0.6 is 0 Å². The molecule has 2 aliphatic rings. The first-order chi connectivity index (χ1) is 22.8. The Kier molecular flexibility index (Phi) is 6.17. The number of benzene rings is 6. The molecule has 4 nitrogen and oxygen atoms in total. The Morgan fingerprint density at radius 3 is 1.96 bits per heavy atom. The molecule has 0 radical (unpaired) electrons. The number of para-hydroxylation sites is 2. The van der Waals surface area contributed by atoms with Crippen molar-refractivity contribution < 1.29 is 4.42 Å². The van der Waals surface area contributed by atoms with Crippen LogP contribution in [0.5, 0.6) is 0 Å². The highest BCUT2D eigenvalue weighted by Crippen LogP contribution is 2.53. The number of allylic oxidation sites excluding steroid dienone is 1. The molecule has 6 aromatic carbocycles. The number of furan rings is 1. The van der Waals surface area contributed by atoms with Crippen LogP contribution in [0.1, 0.15) is 17.3 Å². The molecule has 4 heteroatoms. The molecule has 0 bridgehead atoms. The molecule has 0 fully saturated rings. The van der Waals surface area contributed by atoms with Gasteiger partial charge in [-0.25, -0.2) is 0 Å². The largest absolute Gasteiger partial charge is 0.454 e. The molecule has 7 aromatic rings. The van der Waals surface area contributed by atoms with E-state index in [2.05, 4.69) is 150 Å². The van der Waals surface area contributed by atoms with Crippen molar-refractivity contribution in [1.82, 2.24) is 5.32 Å². The molecule has 0 saturated carbocycles. The maximum atomic E-state index is 6.70. The standard InChI is InChI=1S/C42H29N3O/c1-3-13-28(14-4-1)29-23-25-30(26-24-29)36-27-39(44-42(43-36)31-15-5-2-6-16-31)45-37-21-11-9-18-33(37)32-17-7-8-19-34(32)41-40(45)35-20-10-12-22-38(35)46-41/h1-27,42,44H. The topological polar surface area (TPSA) is 40.8 Å². The Morgan fingerprint density at radius 1 is 0.543 bits per heavy atom. The molecule has 1 aromatic heterocycles. The molecule has 3 heterocycles. The molecule has 1 N–H and O–H groups in total. The number of aliphatic imine (C=N–C) groups is 1. The van der Waals surface area contributed by atoms with E-state index in [4.69, 9.17) is 9.41 Å².